The maximum absolute atomic E-state index is 13.6. The SMILES string of the molecule is Cn1c(O)c(C(c2cc(Cl)c(OCc3ccc(Cl)c(Cl)c3)c(Br)c2)c2c(O)n(C)c(=S)n(C)c2=O)c(=O)n(C)c1=S. The van der Waals surface area contributed by atoms with Crippen LogP contribution in [0.5, 0.6) is 17.5 Å². The summed E-state index contributed by atoms with van der Waals surface area (Å²) in [7, 11) is 5.84. The number of nitrogens with zero attached hydrogens (tertiary/aromatic N) is 4. The van der Waals surface area contributed by atoms with Crippen molar-refractivity contribution >= 4 is 75.2 Å². The molecule has 0 radical (unpaired) electrons. The van der Waals surface area contributed by atoms with E-state index in [0.29, 0.717) is 14.5 Å². The molecule has 0 aliphatic heterocycles. The Labute approximate surface area is 267 Å². The molecule has 0 aliphatic rings. The van der Waals surface area contributed by atoms with Crippen molar-refractivity contribution in [2.24, 2.45) is 28.2 Å². The van der Waals surface area contributed by atoms with Crippen molar-refractivity contribution in [3.8, 4) is 17.5 Å². The van der Waals surface area contributed by atoms with E-state index in [1.165, 1.54) is 43.4 Å². The molecule has 0 bridgehead atoms. The van der Waals surface area contributed by atoms with E-state index in [-0.39, 0.29) is 43.6 Å². The van der Waals surface area contributed by atoms with Crippen molar-refractivity contribution in [2.45, 2.75) is 12.5 Å². The van der Waals surface area contributed by atoms with Crippen molar-refractivity contribution in [2.75, 3.05) is 0 Å². The van der Waals surface area contributed by atoms with Gasteiger partial charge in [0.05, 0.1) is 36.6 Å². The molecule has 0 unspecified atom stereocenters. The number of rotatable bonds is 6. The van der Waals surface area contributed by atoms with Crippen molar-refractivity contribution < 1.29 is 14.9 Å². The van der Waals surface area contributed by atoms with E-state index >= 15 is 0 Å². The molecule has 216 valence electrons. The standard InChI is InChI=1S/C26H22BrCl3N4O5S2/c1-31-21(35)18(22(36)32(2)25(31)40)17(19-23(37)33(3)26(41)34(4)24(19)38)12-8-13(27)20(16(30)9-12)39-10-11-5-6-14(28)15(29)7-11/h5-9,17,35,37H,10H2,1-4H3. The Bertz CT molecular complexity index is 1860. The molecule has 0 spiro atoms. The smallest absolute Gasteiger partial charge is 0.262 e. The molecule has 2 heterocycles. The van der Waals surface area contributed by atoms with Crippen LogP contribution in [0.4, 0.5) is 0 Å². The monoisotopic (exact) mass is 718 g/mol. The zero-order chi connectivity index (χ0) is 30.5. The summed E-state index contributed by atoms with van der Waals surface area (Å²) < 4.78 is 11.2. The second-order valence-electron chi connectivity index (χ2n) is 9.17. The Morgan fingerprint density at radius 2 is 1.32 bits per heavy atom. The highest BCUT2D eigenvalue weighted by Gasteiger charge is 2.33. The van der Waals surface area contributed by atoms with Gasteiger partial charge in [-0.25, -0.2) is 0 Å². The lowest BCUT2D eigenvalue weighted by Crippen LogP contribution is -2.33. The lowest BCUT2D eigenvalue weighted by Gasteiger charge is -2.24. The van der Waals surface area contributed by atoms with Crippen LogP contribution in [0.3, 0.4) is 0 Å². The van der Waals surface area contributed by atoms with E-state index < -0.39 is 28.8 Å². The molecule has 41 heavy (non-hydrogen) atoms. The van der Waals surface area contributed by atoms with Crippen LogP contribution in [0.2, 0.25) is 15.1 Å². The van der Waals surface area contributed by atoms with Gasteiger partial charge in [-0.1, -0.05) is 40.9 Å². The van der Waals surface area contributed by atoms with Crippen LogP contribution < -0.4 is 15.9 Å². The van der Waals surface area contributed by atoms with Gasteiger partial charge in [-0.2, -0.15) is 0 Å². The van der Waals surface area contributed by atoms with Gasteiger partial charge in [-0.05, 0) is 75.8 Å². The van der Waals surface area contributed by atoms with Crippen LogP contribution in [0.25, 0.3) is 0 Å². The molecule has 0 saturated heterocycles. The largest absolute Gasteiger partial charge is 0.494 e. The summed E-state index contributed by atoms with van der Waals surface area (Å²) in [6.07, 6.45) is 0. The van der Waals surface area contributed by atoms with Gasteiger partial charge in [0, 0.05) is 28.2 Å². The summed E-state index contributed by atoms with van der Waals surface area (Å²) in [5, 5.41) is 23.2. The average Bonchev–Trinajstić information content (AvgIpc) is 2.93. The third-order valence-electron chi connectivity index (χ3n) is 6.63. The minimum atomic E-state index is -1.30. The first-order valence-electron chi connectivity index (χ1n) is 11.7. The van der Waals surface area contributed by atoms with Crippen LogP contribution >= 0.6 is 75.2 Å². The molecule has 0 aliphatic carbocycles. The second-order valence-corrected chi connectivity index (χ2v) is 12.0. The summed E-state index contributed by atoms with van der Waals surface area (Å²) in [6.45, 7) is 0.104. The predicted molar refractivity (Wildman–Crippen MR) is 167 cm³/mol. The van der Waals surface area contributed by atoms with Gasteiger partial charge in [-0.3, -0.25) is 27.9 Å². The van der Waals surface area contributed by atoms with E-state index in [1.807, 2.05) is 0 Å². The zero-order valence-electron chi connectivity index (χ0n) is 21.9. The molecular weight excluding hydrogens is 699 g/mol. The summed E-state index contributed by atoms with van der Waals surface area (Å²) in [4.78, 5) is 27.1. The molecule has 0 fully saturated rings. The maximum atomic E-state index is 13.6. The number of aromatic nitrogens is 4. The van der Waals surface area contributed by atoms with Crippen molar-refractivity contribution in [1.82, 2.24) is 18.3 Å². The summed E-state index contributed by atoms with van der Waals surface area (Å²) >= 11 is 32.8. The van der Waals surface area contributed by atoms with Gasteiger partial charge in [0.25, 0.3) is 11.1 Å². The number of hydrogen-bond acceptors (Lipinski definition) is 7. The molecule has 2 aromatic heterocycles. The quantitative estimate of drug-likeness (QED) is 0.232. The highest BCUT2D eigenvalue weighted by atomic mass is 79.9. The maximum Gasteiger partial charge on any atom is 0.262 e. The van der Waals surface area contributed by atoms with Crippen molar-refractivity contribution in [3.05, 3.63) is 102 Å². The van der Waals surface area contributed by atoms with E-state index in [2.05, 4.69) is 15.9 Å². The van der Waals surface area contributed by atoms with Crippen LogP contribution in [0.1, 0.15) is 28.2 Å². The van der Waals surface area contributed by atoms with E-state index in [9.17, 15) is 19.8 Å². The Kier molecular flexibility index (Phi) is 9.13. The highest BCUT2D eigenvalue weighted by molar-refractivity contribution is 9.10. The van der Waals surface area contributed by atoms with Gasteiger partial charge in [-0.15, -0.1) is 0 Å². The van der Waals surface area contributed by atoms with Crippen molar-refractivity contribution in [1.29, 1.82) is 0 Å². The van der Waals surface area contributed by atoms with Gasteiger partial charge < -0.3 is 14.9 Å². The third kappa shape index (κ3) is 5.61. The molecule has 0 atom stereocenters. The first kappa shape index (κ1) is 31.3. The van der Waals surface area contributed by atoms with Crippen LogP contribution in [-0.2, 0) is 34.8 Å². The number of halogens is 4. The van der Waals surface area contributed by atoms with Gasteiger partial charge in [0.1, 0.15) is 6.61 Å². The van der Waals surface area contributed by atoms with Crippen LogP contribution in [0, 0.1) is 9.54 Å². The number of benzene rings is 2. The third-order valence-corrected chi connectivity index (χ3v) is 9.34. The van der Waals surface area contributed by atoms with Gasteiger partial charge in [0.2, 0.25) is 11.8 Å². The fourth-order valence-corrected chi connectivity index (χ4v) is 6.02. The Morgan fingerprint density at radius 3 is 1.78 bits per heavy atom. The second kappa shape index (κ2) is 11.9. The van der Waals surface area contributed by atoms with Crippen molar-refractivity contribution in [3.63, 3.8) is 0 Å². The molecule has 4 rings (SSSR count). The number of ether oxygens (including phenoxy) is 1. The van der Waals surface area contributed by atoms with E-state index in [1.54, 1.807) is 24.3 Å². The van der Waals surface area contributed by atoms with Crippen LogP contribution in [0.15, 0.2) is 44.4 Å². The molecule has 15 heteroatoms. The fraction of sp³-hybridized carbons (Fsp3) is 0.231. The Morgan fingerprint density at radius 1 is 0.805 bits per heavy atom. The van der Waals surface area contributed by atoms with E-state index in [4.69, 9.17) is 64.0 Å². The molecule has 0 amide bonds. The molecule has 2 aromatic carbocycles. The van der Waals surface area contributed by atoms with Gasteiger partial charge in [0.15, 0.2) is 15.3 Å². The van der Waals surface area contributed by atoms with Gasteiger partial charge >= 0.3 is 0 Å². The highest BCUT2D eigenvalue weighted by Crippen LogP contribution is 2.42. The topological polar surface area (TPSA) is 104 Å². The summed E-state index contributed by atoms with van der Waals surface area (Å²) in [5.41, 5.74) is -0.734. The summed E-state index contributed by atoms with van der Waals surface area (Å²) in [6, 6.07) is 8.14. The number of aromatic hydroxyl groups is 2. The van der Waals surface area contributed by atoms with E-state index in [0.717, 1.165) is 14.7 Å². The fourth-order valence-electron chi connectivity index (χ4n) is 4.37. The average molecular weight is 721 g/mol. The predicted octanol–water partition coefficient (Wildman–Crippen LogP) is 6.11. The first-order chi connectivity index (χ1) is 19.2. The Hall–Kier alpha value is -2.61. The Balaban J connectivity index is 1.98. The first-order valence-corrected chi connectivity index (χ1v) is 14.4. The molecule has 2 N–H and O–H groups in total. The zero-order valence-corrected chi connectivity index (χ0v) is 27.4. The molecule has 0 saturated carbocycles. The lowest BCUT2D eigenvalue weighted by atomic mass is 9.86. The minimum absolute atomic E-state index is 0.0452. The lowest BCUT2D eigenvalue weighted by molar-refractivity contribution is 0.304. The van der Waals surface area contributed by atoms with Crippen LogP contribution in [-0.4, -0.2) is 28.5 Å². The molecular formula is C26H22BrCl3N4O5S2. The summed E-state index contributed by atoms with van der Waals surface area (Å²) in [5.74, 6) is -2.00. The normalized spacial score (nSPS) is 11.3. The molecule has 9 nitrogen and oxygen atoms in total. The number of hydrogen-bond donors (Lipinski definition) is 2. The minimum Gasteiger partial charge on any atom is -0.494 e. The molecule has 4 aromatic rings.